The van der Waals surface area contributed by atoms with Crippen LogP contribution in [0.25, 0.3) is 0 Å². The van der Waals surface area contributed by atoms with Crippen molar-refractivity contribution in [1.29, 1.82) is 0 Å². The number of hydrogen-bond acceptors (Lipinski definition) is 6. The Labute approximate surface area is 158 Å². The molecule has 0 radical (unpaired) electrons. The number of hydrogen-bond donors (Lipinski definition) is 1. The molecule has 2 amide bonds. The number of amides is 2. The maximum Gasteiger partial charge on any atom is 0.410 e. The summed E-state index contributed by atoms with van der Waals surface area (Å²) in [5.74, 6) is 0. The zero-order valence-corrected chi connectivity index (χ0v) is 15.8. The van der Waals surface area contributed by atoms with Crippen LogP contribution < -0.4 is 5.32 Å². The zero-order valence-electron chi connectivity index (χ0n) is 15.8. The van der Waals surface area contributed by atoms with Crippen molar-refractivity contribution in [1.82, 2.24) is 10.2 Å². The van der Waals surface area contributed by atoms with E-state index in [9.17, 15) is 14.4 Å². The van der Waals surface area contributed by atoms with E-state index in [1.54, 1.807) is 20.8 Å². The van der Waals surface area contributed by atoms with Crippen LogP contribution in [-0.2, 0) is 20.9 Å². The molecule has 8 nitrogen and oxygen atoms in total. The molecule has 0 bridgehead atoms. The van der Waals surface area contributed by atoms with E-state index in [-0.39, 0.29) is 13.2 Å². The van der Waals surface area contributed by atoms with Crippen LogP contribution in [-0.4, -0.2) is 53.9 Å². The lowest BCUT2D eigenvalue weighted by Gasteiger charge is -2.35. The Kier molecular flexibility index (Phi) is 6.96. The van der Waals surface area contributed by atoms with Crippen molar-refractivity contribution >= 4 is 18.3 Å². The third kappa shape index (κ3) is 6.75. The molecular formula is C19H25N3O5. The lowest BCUT2D eigenvalue weighted by atomic mass is 10.0. The van der Waals surface area contributed by atoms with Crippen molar-refractivity contribution in [2.75, 3.05) is 13.1 Å². The van der Waals surface area contributed by atoms with Crippen LogP contribution in [0.2, 0.25) is 0 Å². The Balaban J connectivity index is 1.91. The van der Waals surface area contributed by atoms with Crippen molar-refractivity contribution in [2.24, 2.45) is 4.99 Å². The molecule has 1 heterocycles. The van der Waals surface area contributed by atoms with E-state index in [2.05, 4.69) is 10.3 Å². The maximum absolute atomic E-state index is 12.3. The summed E-state index contributed by atoms with van der Waals surface area (Å²) in [4.78, 5) is 40.2. The van der Waals surface area contributed by atoms with Gasteiger partial charge in [-0.3, -0.25) is 0 Å². The van der Waals surface area contributed by atoms with E-state index in [1.165, 1.54) is 11.0 Å². The van der Waals surface area contributed by atoms with Gasteiger partial charge in [-0.1, -0.05) is 30.3 Å². The molecule has 1 fully saturated rings. The van der Waals surface area contributed by atoms with E-state index in [1.807, 2.05) is 30.3 Å². The molecule has 1 aliphatic heterocycles. The van der Waals surface area contributed by atoms with Crippen LogP contribution in [0.4, 0.5) is 9.59 Å². The molecule has 1 unspecified atom stereocenters. The minimum atomic E-state index is -0.630. The summed E-state index contributed by atoms with van der Waals surface area (Å²) in [6, 6.07) is 8.33. The molecule has 2 atom stereocenters. The third-order valence-electron chi connectivity index (χ3n) is 3.97. The van der Waals surface area contributed by atoms with Crippen LogP contribution in [0.1, 0.15) is 32.8 Å². The number of nitrogens with zero attached hydrogens (tertiary/aromatic N) is 2. The van der Waals surface area contributed by atoms with Crippen molar-refractivity contribution in [2.45, 2.75) is 51.5 Å². The summed E-state index contributed by atoms with van der Waals surface area (Å²) in [7, 11) is 0. The fraction of sp³-hybridized carbons (Fsp3) is 0.526. The number of nitrogens with one attached hydrogen (secondary N) is 1. The Morgan fingerprint density at radius 1 is 1.30 bits per heavy atom. The zero-order chi connectivity index (χ0) is 19.9. The van der Waals surface area contributed by atoms with E-state index < -0.39 is 29.9 Å². The standard InChI is InChI=1S/C19H25N3O5/c1-19(2,3)27-17(24)21-15-9-10-22(11-16(15)20-13-23)18(25)26-12-14-7-5-4-6-8-14/h4-8,15-16H,9-12H2,1-3H3,(H,21,24)/t15-,16?/m0/s1. The van der Waals surface area contributed by atoms with Crippen LogP contribution in [0.15, 0.2) is 35.3 Å². The smallest absolute Gasteiger partial charge is 0.410 e. The average Bonchev–Trinajstić information content (AvgIpc) is 2.60. The van der Waals surface area contributed by atoms with E-state index in [4.69, 9.17) is 9.47 Å². The van der Waals surface area contributed by atoms with Gasteiger partial charge in [0.15, 0.2) is 0 Å². The molecule has 0 aromatic heterocycles. The summed E-state index contributed by atoms with van der Waals surface area (Å²) >= 11 is 0. The number of aliphatic imine (C=N–C) groups is 1. The Hall–Kier alpha value is -2.86. The van der Waals surface area contributed by atoms with Crippen molar-refractivity contribution in [3.8, 4) is 0 Å². The van der Waals surface area contributed by atoms with Gasteiger partial charge in [0.1, 0.15) is 18.2 Å². The van der Waals surface area contributed by atoms with E-state index >= 15 is 0 Å². The molecule has 1 N–H and O–H groups in total. The van der Waals surface area contributed by atoms with Gasteiger partial charge in [0.05, 0.1) is 6.04 Å². The molecule has 0 aliphatic carbocycles. The van der Waals surface area contributed by atoms with E-state index in [0.717, 1.165) is 5.56 Å². The van der Waals surface area contributed by atoms with Gasteiger partial charge in [0.2, 0.25) is 6.08 Å². The number of carbonyl (C=O) groups excluding carboxylic acids is 3. The molecule has 146 valence electrons. The Morgan fingerprint density at radius 3 is 2.63 bits per heavy atom. The van der Waals surface area contributed by atoms with Gasteiger partial charge in [0, 0.05) is 13.1 Å². The average molecular weight is 375 g/mol. The number of benzene rings is 1. The van der Waals surface area contributed by atoms with Crippen molar-refractivity contribution in [3.05, 3.63) is 35.9 Å². The number of piperidine rings is 1. The molecular weight excluding hydrogens is 350 g/mol. The van der Waals surface area contributed by atoms with Gasteiger partial charge in [-0.25, -0.2) is 14.4 Å². The number of alkyl carbamates (subject to hydrolysis) is 1. The van der Waals surface area contributed by atoms with Crippen LogP contribution in [0.5, 0.6) is 0 Å². The second-order valence-electron chi connectivity index (χ2n) is 7.32. The fourth-order valence-electron chi connectivity index (χ4n) is 2.73. The first-order valence-corrected chi connectivity index (χ1v) is 8.80. The highest BCUT2D eigenvalue weighted by molar-refractivity contribution is 5.69. The normalized spacial score (nSPS) is 19.6. The molecule has 1 aromatic carbocycles. The Morgan fingerprint density at radius 2 is 2.00 bits per heavy atom. The summed E-state index contributed by atoms with van der Waals surface area (Å²) in [5.41, 5.74) is 0.255. The number of ether oxygens (including phenoxy) is 2. The second kappa shape index (κ2) is 9.19. The van der Waals surface area contributed by atoms with Gasteiger partial charge in [-0.05, 0) is 32.8 Å². The maximum atomic E-state index is 12.3. The highest BCUT2D eigenvalue weighted by Crippen LogP contribution is 2.17. The number of rotatable bonds is 4. The minimum absolute atomic E-state index is 0.156. The number of isocyanates is 1. The second-order valence-corrected chi connectivity index (χ2v) is 7.32. The Bertz CT molecular complexity index is 695. The van der Waals surface area contributed by atoms with Crippen molar-refractivity contribution < 1.29 is 23.9 Å². The van der Waals surface area contributed by atoms with Gasteiger partial charge in [0.25, 0.3) is 0 Å². The lowest BCUT2D eigenvalue weighted by molar-refractivity contribution is 0.0456. The molecule has 8 heteroatoms. The molecule has 0 spiro atoms. The van der Waals surface area contributed by atoms with E-state index in [0.29, 0.717) is 13.0 Å². The summed E-state index contributed by atoms with van der Waals surface area (Å²) in [6.45, 7) is 5.98. The first-order valence-electron chi connectivity index (χ1n) is 8.80. The van der Waals surface area contributed by atoms with Crippen molar-refractivity contribution in [3.63, 3.8) is 0 Å². The van der Waals surface area contributed by atoms with Crippen LogP contribution in [0, 0.1) is 0 Å². The van der Waals surface area contributed by atoms with Gasteiger partial charge >= 0.3 is 12.2 Å². The summed E-state index contributed by atoms with van der Waals surface area (Å²) in [6.07, 6.45) is 0.866. The topological polar surface area (TPSA) is 97.3 Å². The number of likely N-dealkylation sites (tertiary alicyclic amines) is 1. The fourth-order valence-corrected chi connectivity index (χ4v) is 2.73. The predicted octanol–water partition coefficient (Wildman–Crippen LogP) is 2.63. The lowest BCUT2D eigenvalue weighted by Crippen LogP contribution is -2.55. The highest BCUT2D eigenvalue weighted by Gasteiger charge is 2.34. The molecule has 0 saturated carbocycles. The number of carbonyl (C=O) groups is 2. The molecule has 27 heavy (non-hydrogen) atoms. The van der Waals surface area contributed by atoms with Gasteiger partial charge in [-0.15, -0.1) is 0 Å². The highest BCUT2D eigenvalue weighted by atomic mass is 16.6. The summed E-state index contributed by atoms with van der Waals surface area (Å²) < 4.78 is 10.5. The SMILES string of the molecule is CC(C)(C)OC(=O)N[C@H]1CCN(C(=O)OCc2ccccc2)CC1N=C=O. The van der Waals surface area contributed by atoms with Crippen LogP contribution in [0.3, 0.4) is 0 Å². The molecule has 2 rings (SSSR count). The predicted molar refractivity (Wildman–Crippen MR) is 97.9 cm³/mol. The first-order chi connectivity index (χ1) is 12.8. The van der Waals surface area contributed by atoms with Gasteiger partial charge < -0.3 is 19.7 Å². The quantitative estimate of drug-likeness (QED) is 0.644. The monoisotopic (exact) mass is 375 g/mol. The molecule has 1 saturated heterocycles. The largest absolute Gasteiger partial charge is 0.445 e. The summed E-state index contributed by atoms with van der Waals surface area (Å²) in [5, 5.41) is 2.72. The third-order valence-corrected chi connectivity index (χ3v) is 3.97. The van der Waals surface area contributed by atoms with Gasteiger partial charge in [-0.2, -0.15) is 4.99 Å². The van der Waals surface area contributed by atoms with Crippen LogP contribution >= 0.6 is 0 Å². The molecule has 1 aliphatic rings. The molecule has 1 aromatic rings. The first kappa shape index (κ1) is 20.5. The minimum Gasteiger partial charge on any atom is -0.445 e.